The fraction of sp³-hybridized carbons (Fsp3) is 0.636. The minimum absolute atomic E-state index is 0.754. The second-order valence-corrected chi connectivity index (χ2v) is 3.83. The van der Waals surface area contributed by atoms with Crippen LogP contribution in [-0.2, 0) is 12.8 Å². The maximum atomic E-state index is 4.51. The van der Waals surface area contributed by atoms with Gasteiger partial charge >= 0.3 is 0 Å². The van der Waals surface area contributed by atoms with Crippen molar-refractivity contribution in [3.05, 3.63) is 17.5 Å². The first-order valence-corrected chi connectivity index (χ1v) is 5.42. The molecule has 0 bridgehead atoms. The minimum atomic E-state index is 0.754. The first-order valence-electron chi connectivity index (χ1n) is 5.42. The summed E-state index contributed by atoms with van der Waals surface area (Å²) >= 11 is 0. The van der Waals surface area contributed by atoms with E-state index in [0.29, 0.717) is 0 Å². The summed E-state index contributed by atoms with van der Waals surface area (Å²) < 4.78 is 0. The Morgan fingerprint density at radius 2 is 1.93 bits per heavy atom. The first kappa shape index (κ1) is 9.44. The lowest BCUT2D eigenvalue weighted by Gasteiger charge is -2.12. The van der Waals surface area contributed by atoms with Gasteiger partial charge in [0, 0.05) is 18.9 Å². The molecule has 76 valence electrons. The fourth-order valence-electron chi connectivity index (χ4n) is 1.95. The molecule has 1 N–H and O–H groups in total. The van der Waals surface area contributed by atoms with Crippen molar-refractivity contribution in [1.29, 1.82) is 0 Å². The first-order chi connectivity index (χ1) is 6.90. The number of nitrogens with one attached hydrogen (secondary N) is 1. The van der Waals surface area contributed by atoms with Crippen LogP contribution < -0.4 is 5.32 Å². The van der Waals surface area contributed by atoms with Gasteiger partial charge in [0.15, 0.2) is 0 Å². The second kappa shape index (κ2) is 4.40. The van der Waals surface area contributed by atoms with Crippen molar-refractivity contribution in [2.45, 2.75) is 38.5 Å². The summed E-state index contributed by atoms with van der Waals surface area (Å²) in [6.45, 7) is 0. The maximum absolute atomic E-state index is 4.51. The Morgan fingerprint density at radius 3 is 2.71 bits per heavy atom. The van der Waals surface area contributed by atoms with Crippen molar-refractivity contribution in [3.8, 4) is 0 Å². The highest BCUT2D eigenvalue weighted by Crippen LogP contribution is 2.18. The summed E-state index contributed by atoms with van der Waals surface area (Å²) in [7, 11) is 1.87. The van der Waals surface area contributed by atoms with Crippen LogP contribution in [0.2, 0.25) is 0 Å². The molecular weight excluding hydrogens is 174 g/mol. The van der Waals surface area contributed by atoms with Crippen molar-refractivity contribution < 1.29 is 0 Å². The largest absolute Gasteiger partial charge is 0.357 e. The number of rotatable bonds is 1. The Labute approximate surface area is 85.0 Å². The summed E-state index contributed by atoms with van der Waals surface area (Å²) in [5, 5.41) is 2.99. The Kier molecular flexibility index (Phi) is 2.96. The third-order valence-electron chi connectivity index (χ3n) is 2.79. The lowest BCUT2D eigenvalue weighted by molar-refractivity contribution is 0.607. The fourth-order valence-corrected chi connectivity index (χ4v) is 1.95. The van der Waals surface area contributed by atoms with Crippen LogP contribution in [0.1, 0.15) is 36.9 Å². The molecule has 2 rings (SSSR count). The van der Waals surface area contributed by atoms with Gasteiger partial charge in [-0.05, 0) is 31.2 Å². The lowest BCUT2D eigenvalue weighted by atomic mass is 9.98. The van der Waals surface area contributed by atoms with Crippen LogP contribution in [0, 0.1) is 0 Å². The van der Waals surface area contributed by atoms with Gasteiger partial charge in [-0.3, -0.25) is 0 Å². The number of aryl methyl sites for hydroxylation is 2. The number of aromatic nitrogens is 2. The molecule has 0 fully saturated rings. The molecule has 0 unspecified atom stereocenters. The van der Waals surface area contributed by atoms with Gasteiger partial charge in [-0.1, -0.05) is 12.8 Å². The van der Waals surface area contributed by atoms with Crippen LogP contribution in [0.5, 0.6) is 0 Å². The third-order valence-corrected chi connectivity index (χ3v) is 2.79. The second-order valence-electron chi connectivity index (χ2n) is 3.83. The van der Waals surface area contributed by atoms with Crippen LogP contribution in [-0.4, -0.2) is 17.0 Å². The van der Waals surface area contributed by atoms with Crippen LogP contribution in [0.25, 0.3) is 0 Å². The average molecular weight is 191 g/mol. The number of nitrogens with zero attached hydrogens (tertiary/aromatic N) is 2. The summed E-state index contributed by atoms with van der Waals surface area (Å²) in [5.74, 6) is 0.754. The zero-order valence-corrected chi connectivity index (χ0v) is 8.71. The van der Waals surface area contributed by atoms with E-state index in [4.69, 9.17) is 0 Å². The zero-order valence-electron chi connectivity index (χ0n) is 8.71. The minimum Gasteiger partial charge on any atom is -0.357 e. The molecule has 1 aromatic rings. The predicted octanol–water partition coefficient (Wildman–Crippen LogP) is 2.18. The maximum Gasteiger partial charge on any atom is 0.222 e. The Bertz CT molecular complexity index is 309. The van der Waals surface area contributed by atoms with Gasteiger partial charge < -0.3 is 5.32 Å². The highest BCUT2D eigenvalue weighted by molar-refractivity contribution is 5.29. The topological polar surface area (TPSA) is 37.8 Å². The molecule has 0 aromatic carbocycles. The van der Waals surface area contributed by atoms with Gasteiger partial charge in [-0.2, -0.15) is 0 Å². The van der Waals surface area contributed by atoms with Crippen molar-refractivity contribution in [2.75, 3.05) is 12.4 Å². The molecule has 0 spiro atoms. The van der Waals surface area contributed by atoms with Crippen LogP contribution in [0.3, 0.4) is 0 Å². The van der Waals surface area contributed by atoms with E-state index in [2.05, 4.69) is 15.3 Å². The van der Waals surface area contributed by atoms with E-state index in [9.17, 15) is 0 Å². The van der Waals surface area contributed by atoms with E-state index in [0.717, 1.165) is 18.8 Å². The molecule has 0 atom stereocenters. The molecule has 0 aliphatic heterocycles. The standard InChI is InChI=1S/C11H17N3/c1-12-11-13-8-9-6-4-2-3-5-7-10(9)14-11/h8H,2-7H2,1H3,(H,12,13,14). The Balaban J connectivity index is 2.26. The van der Waals surface area contributed by atoms with Gasteiger partial charge in [0.2, 0.25) is 5.95 Å². The normalized spacial score (nSPS) is 16.6. The van der Waals surface area contributed by atoms with Gasteiger partial charge in [-0.25, -0.2) is 9.97 Å². The van der Waals surface area contributed by atoms with E-state index in [-0.39, 0.29) is 0 Å². The predicted molar refractivity (Wildman–Crippen MR) is 57.5 cm³/mol. The molecule has 0 amide bonds. The van der Waals surface area contributed by atoms with E-state index in [1.54, 1.807) is 0 Å². The number of anilines is 1. The van der Waals surface area contributed by atoms with Crippen LogP contribution in [0.15, 0.2) is 6.20 Å². The lowest BCUT2D eigenvalue weighted by Crippen LogP contribution is -2.06. The average Bonchev–Trinajstić information content (AvgIpc) is 2.18. The summed E-state index contributed by atoms with van der Waals surface area (Å²) in [4.78, 5) is 8.77. The van der Waals surface area contributed by atoms with Crippen molar-refractivity contribution in [1.82, 2.24) is 9.97 Å². The van der Waals surface area contributed by atoms with Gasteiger partial charge in [-0.15, -0.1) is 0 Å². The SMILES string of the molecule is CNc1ncc2c(n1)CCCCCC2. The molecule has 1 aliphatic rings. The van der Waals surface area contributed by atoms with Crippen molar-refractivity contribution in [3.63, 3.8) is 0 Å². The summed E-state index contributed by atoms with van der Waals surface area (Å²) in [5.41, 5.74) is 2.60. The van der Waals surface area contributed by atoms with E-state index < -0.39 is 0 Å². The third kappa shape index (κ3) is 2.03. The van der Waals surface area contributed by atoms with E-state index in [1.165, 1.54) is 36.9 Å². The van der Waals surface area contributed by atoms with E-state index in [1.807, 2.05) is 13.2 Å². The smallest absolute Gasteiger partial charge is 0.222 e. The van der Waals surface area contributed by atoms with Gasteiger partial charge in [0.25, 0.3) is 0 Å². The molecule has 1 heterocycles. The molecule has 0 radical (unpaired) electrons. The number of fused-ring (bicyclic) bond motifs is 1. The number of hydrogen-bond donors (Lipinski definition) is 1. The molecule has 3 heteroatoms. The summed E-state index contributed by atoms with van der Waals surface area (Å²) in [6.07, 6.45) is 9.51. The van der Waals surface area contributed by atoms with Crippen molar-refractivity contribution >= 4 is 5.95 Å². The van der Waals surface area contributed by atoms with Crippen LogP contribution >= 0.6 is 0 Å². The molecule has 3 nitrogen and oxygen atoms in total. The zero-order chi connectivity index (χ0) is 9.80. The summed E-state index contributed by atoms with van der Waals surface area (Å²) in [6, 6.07) is 0. The molecule has 0 saturated carbocycles. The van der Waals surface area contributed by atoms with Crippen molar-refractivity contribution in [2.24, 2.45) is 0 Å². The monoisotopic (exact) mass is 191 g/mol. The molecule has 0 saturated heterocycles. The number of hydrogen-bond acceptors (Lipinski definition) is 3. The molecular formula is C11H17N3. The molecule has 14 heavy (non-hydrogen) atoms. The van der Waals surface area contributed by atoms with Gasteiger partial charge in [0.1, 0.15) is 0 Å². The van der Waals surface area contributed by atoms with Gasteiger partial charge in [0.05, 0.1) is 0 Å². The van der Waals surface area contributed by atoms with Crippen LogP contribution in [0.4, 0.5) is 5.95 Å². The highest BCUT2D eigenvalue weighted by Gasteiger charge is 2.09. The quantitative estimate of drug-likeness (QED) is 0.739. The molecule has 1 aliphatic carbocycles. The molecule has 1 aromatic heterocycles. The van der Waals surface area contributed by atoms with E-state index >= 15 is 0 Å². The Hall–Kier alpha value is -1.12. The Morgan fingerprint density at radius 1 is 1.14 bits per heavy atom. The highest BCUT2D eigenvalue weighted by atomic mass is 15.1.